The van der Waals surface area contributed by atoms with E-state index in [0.29, 0.717) is 12.4 Å². The van der Waals surface area contributed by atoms with Crippen molar-refractivity contribution in [2.24, 2.45) is 0 Å². The zero-order valence-electron chi connectivity index (χ0n) is 7.60. The number of rotatable bonds is 3. The highest BCUT2D eigenvalue weighted by Gasteiger charge is 2.22. The van der Waals surface area contributed by atoms with Gasteiger partial charge in [0.1, 0.15) is 5.82 Å². The highest BCUT2D eigenvalue weighted by atomic mass is 16.5. The lowest BCUT2D eigenvalue weighted by Crippen LogP contribution is -2.18. The van der Waals surface area contributed by atoms with Gasteiger partial charge in [0, 0.05) is 18.9 Å². The number of aliphatic hydroxyl groups excluding tert-OH is 1. The molecule has 0 bridgehead atoms. The maximum atomic E-state index is 11.0. The number of carbonyl (C=O) groups excluding carboxylic acids is 1. The van der Waals surface area contributed by atoms with Crippen molar-refractivity contribution >= 4 is 5.97 Å². The van der Waals surface area contributed by atoms with Gasteiger partial charge in [-0.25, -0.2) is 9.78 Å². The lowest BCUT2D eigenvalue weighted by atomic mass is 10.3. The first-order chi connectivity index (χ1) is 6.20. The van der Waals surface area contributed by atoms with Crippen molar-refractivity contribution in [3.63, 3.8) is 0 Å². The number of esters is 1. The summed E-state index contributed by atoms with van der Waals surface area (Å²) in [4.78, 5) is 14.8. The second-order valence-electron chi connectivity index (χ2n) is 2.50. The van der Waals surface area contributed by atoms with Gasteiger partial charge in [0.15, 0.2) is 0 Å². The molecule has 0 aromatic carbocycles. The van der Waals surface area contributed by atoms with E-state index >= 15 is 0 Å². The fraction of sp³-hybridized carbons (Fsp3) is 0.500. The fourth-order valence-corrected chi connectivity index (χ4v) is 1.05. The number of hydrogen-bond donors (Lipinski definition) is 1. The third-order valence-corrected chi connectivity index (χ3v) is 1.76. The van der Waals surface area contributed by atoms with Crippen LogP contribution < -0.4 is 0 Å². The summed E-state index contributed by atoms with van der Waals surface area (Å²) in [5, 5.41) is 9.43. The average molecular weight is 184 g/mol. The van der Waals surface area contributed by atoms with E-state index in [1.165, 1.54) is 13.3 Å². The summed E-state index contributed by atoms with van der Waals surface area (Å²) in [6.07, 6.45) is 1.94. The van der Waals surface area contributed by atoms with Crippen molar-refractivity contribution in [3.8, 4) is 0 Å². The zero-order valence-corrected chi connectivity index (χ0v) is 7.60. The van der Waals surface area contributed by atoms with Gasteiger partial charge in [-0.1, -0.05) is 0 Å². The SMILES string of the molecule is CCn1ccnc1C(O)C(=O)OC. The predicted octanol–water partition coefficient (Wildman–Crippen LogP) is 0.109. The van der Waals surface area contributed by atoms with Crippen LogP contribution in [0.15, 0.2) is 12.4 Å². The van der Waals surface area contributed by atoms with Crippen molar-refractivity contribution in [2.45, 2.75) is 19.6 Å². The number of carbonyl (C=O) groups is 1. The van der Waals surface area contributed by atoms with Crippen LogP contribution in [0.25, 0.3) is 0 Å². The van der Waals surface area contributed by atoms with Crippen LogP contribution in [0.3, 0.4) is 0 Å². The van der Waals surface area contributed by atoms with Crippen LogP contribution in [0, 0.1) is 0 Å². The molecule has 1 rings (SSSR count). The molecule has 0 aliphatic rings. The summed E-state index contributed by atoms with van der Waals surface area (Å²) >= 11 is 0. The molecule has 1 aromatic rings. The molecule has 0 saturated carbocycles. The van der Waals surface area contributed by atoms with Gasteiger partial charge < -0.3 is 14.4 Å². The van der Waals surface area contributed by atoms with E-state index in [4.69, 9.17) is 0 Å². The monoisotopic (exact) mass is 184 g/mol. The first kappa shape index (κ1) is 9.73. The number of aromatic nitrogens is 2. The number of aryl methyl sites for hydroxylation is 1. The Morgan fingerprint density at radius 2 is 2.54 bits per heavy atom. The summed E-state index contributed by atoms with van der Waals surface area (Å²) < 4.78 is 6.08. The van der Waals surface area contributed by atoms with Gasteiger partial charge in [0.25, 0.3) is 0 Å². The van der Waals surface area contributed by atoms with E-state index in [9.17, 15) is 9.90 Å². The van der Waals surface area contributed by atoms with Gasteiger partial charge in [0.05, 0.1) is 7.11 Å². The molecule has 0 radical (unpaired) electrons. The van der Waals surface area contributed by atoms with Crippen LogP contribution in [0.1, 0.15) is 18.9 Å². The predicted molar refractivity (Wildman–Crippen MR) is 44.9 cm³/mol. The highest BCUT2D eigenvalue weighted by Crippen LogP contribution is 2.11. The Labute approximate surface area is 76.0 Å². The molecule has 0 aliphatic heterocycles. The van der Waals surface area contributed by atoms with E-state index in [0.717, 1.165) is 0 Å². The Hall–Kier alpha value is -1.36. The number of imidazole rings is 1. The number of aliphatic hydroxyl groups is 1. The van der Waals surface area contributed by atoms with Gasteiger partial charge in [-0.3, -0.25) is 0 Å². The van der Waals surface area contributed by atoms with Gasteiger partial charge in [0.2, 0.25) is 6.10 Å². The molecule has 1 unspecified atom stereocenters. The Morgan fingerprint density at radius 1 is 1.85 bits per heavy atom. The molecule has 1 N–H and O–H groups in total. The number of ether oxygens (including phenoxy) is 1. The van der Waals surface area contributed by atoms with E-state index in [1.54, 1.807) is 10.8 Å². The minimum atomic E-state index is -1.29. The van der Waals surface area contributed by atoms with Crippen LogP contribution in [0.5, 0.6) is 0 Å². The largest absolute Gasteiger partial charge is 0.467 e. The molecule has 0 saturated heterocycles. The standard InChI is InChI=1S/C8H12N2O3/c1-3-10-5-4-9-7(10)6(11)8(12)13-2/h4-6,11H,3H2,1-2H3. The summed E-state index contributed by atoms with van der Waals surface area (Å²) in [6.45, 7) is 2.55. The third-order valence-electron chi connectivity index (χ3n) is 1.76. The molecular weight excluding hydrogens is 172 g/mol. The second-order valence-corrected chi connectivity index (χ2v) is 2.50. The summed E-state index contributed by atoms with van der Waals surface area (Å²) in [5.74, 6) is -0.379. The lowest BCUT2D eigenvalue weighted by molar-refractivity contribution is -0.151. The number of methoxy groups -OCH3 is 1. The Balaban J connectivity index is 2.87. The summed E-state index contributed by atoms with van der Waals surface area (Å²) in [5.41, 5.74) is 0. The van der Waals surface area contributed by atoms with Crippen LogP contribution in [0.4, 0.5) is 0 Å². The van der Waals surface area contributed by atoms with Gasteiger partial charge >= 0.3 is 5.97 Å². The van der Waals surface area contributed by atoms with E-state index < -0.39 is 12.1 Å². The summed E-state index contributed by atoms with van der Waals surface area (Å²) in [7, 11) is 1.23. The van der Waals surface area contributed by atoms with Crippen molar-refractivity contribution in [1.82, 2.24) is 9.55 Å². The molecule has 0 amide bonds. The van der Waals surface area contributed by atoms with Crippen LogP contribution in [0.2, 0.25) is 0 Å². The average Bonchev–Trinajstić information content (AvgIpc) is 2.62. The second kappa shape index (κ2) is 4.04. The van der Waals surface area contributed by atoms with Crippen LogP contribution >= 0.6 is 0 Å². The van der Waals surface area contributed by atoms with Crippen molar-refractivity contribution < 1.29 is 14.6 Å². The van der Waals surface area contributed by atoms with Gasteiger partial charge in [-0.2, -0.15) is 0 Å². The van der Waals surface area contributed by atoms with Crippen molar-refractivity contribution in [1.29, 1.82) is 0 Å². The normalized spacial score (nSPS) is 12.5. The molecule has 72 valence electrons. The van der Waals surface area contributed by atoms with Crippen LogP contribution in [-0.4, -0.2) is 27.7 Å². The van der Waals surface area contributed by atoms with E-state index in [-0.39, 0.29) is 0 Å². The number of hydrogen-bond acceptors (Lipinski definition) is 4. The summed E-state index contributed by atoms with van der Waals surface area (Å²) in [6, 6.07) is 0. The van der Waals surface area contributed by atoms with Crippen LogP contribution in [-0.2, 0) is 16.1 Å². The topological polar surface area (TPSA) is 64.3 Å². The molecule has 1 atom stereocenters. The molecule has 5 nitrogen and oxygen atoms in total. The smallest absolute Gasteiger partial charge is 0.342 e. The highest BCUT2D eigenvalue weighted by molar-refractivity contribution is 5.74. The maximum absolute atomic E-state index is 11.0. The Morgan fingerprint density at radius 3 is 3.08 bits per heavy atom. The molecule has 1 aromatic heterocycles. The maximum Gasteiger partial charge on any atom is 0.342 e. The minimum absolute atomic E-state index is 0.314. The Kier molecular flexibility index (Phi) is 3.02. The molecular formula is C8H12N2O3. The quantitative estimate of drug-likeness (QED) is 0.677. The van der Waals surface area contributed by atoms with E-state index in [1.807, 2.05) is 6.92 Å². The van der Waals surface area contributed by atoms with Crippen molar-refractivity contribution in [2.75, 3.05) is 7.11 Å². The molecule has 0 spiro atoms. The van der Waals surface area contributed by atoms with Crippen molar-refractivity contribution in [3.05, 3.63) is 18.2 Å². The molecule has 0 fully saturated rings. The molecule has 0 aliphatic carbocycles. The molecule has 5 heteroatoms. The lowest BCUT2D eigenvalue weighted by Gasteiger charge is -2.09. The first-order valence-electron chi connectivity index (χ1n) is 3.97. The fourth-order valence-electron chi connectivity index (χ4n) is 1.05. The first-order valence-corrected chi connectivity index (χ1v) is 3.97. The van der Waals surface area contributed by atoms with Gasteiger partial charge in [-0.05, 0) is 6.92 Å². The Bertz CT molecular complexity index is 295. The van der Waals surface area contributed by atoms with E-state index in [2.05, 4.69) is 9.72 Å². The molecule has 13 heavy (non-hydrogen) atoms. The number of nitrogens with zero attached hydrogens (tertiary/aromatic N) is 2. The molecule has 1 heterocycles. The zero-order chi connectivity index (χ0) is 9.84. The van der Waals surface area contributed by atoms with Gasteiger partial charge in [-0.15, -0.1) is 0 Å². The minimum Gasteiger partial charge on any atom is -0.467 e. The third kappa shape index (κ3) is 1.86.